The molecule has 1 saturated heterocycles. The number of allylic oxidation sites excluding steroid dienone is 4. The Hall–Kier alpha value is -1.84. The number of aldehydes is 1. The van der Waals surface area contributed by atoms with Gasteiger partial charge in [-0.25, -0.2) is 0 Å². The zero-order valence-corrected chi connectivity index (χ0v) is 11.4. The van der Waals surface area contributed by atoms with E-state index in [1.54, 1.807) is 11.0 Å². The lowest BCUT2D eigenvalue weighted by atomic mass is 10.0. The van der Waals surface area contributed by atoms with Crippen LogP contribution in [-0.2, 0) is 9.59 Å². The minimum atomic E-state index is -0.260. The fourth-order valence-corrected chi connectivity index (χ4v) is 2.20. The number of carbonyl (C=O) groups excluding carboxylic acids is 2. The molecule has 1 atom stereocenters. The highest BCUT2D eigenvalue weighted by atomic mass is 16.2. The van der Waals surface area contributed by atoms with Gasteiger partial charge >= 0.3 is 0 Å². The second-order valence-electron chi connectivity index (χ2n) is 4.53. The van der Waals surface area contributed by atoms with E-state index in [1.807, 2.05) is 25.2 Å². The van der Waals surface area contributed by atoms with Crippen molar-refractivity contribution in [2.45, 2.75) is 38.6 Å². The van der Waals surface area contributed by atoms with Crippen molar-refractivity contribution >= 4 is 12.2 Å². The summed E-state index contributed by atoms with van der Waals surface area (Å²) in [5.41, 5.74) is 5.95. The summed E-state index contributed by atoms with van der Waals surface area (Å²) in [6.07, 6.45) is 12.9. The van der Waals surface area contributed by atoms with Gasteiger partial charge < -0.3 is 15.4 Å². The molecule has 0 radical (unpaired) electrons. The average Bonchev–Trinajstić information content (AvgIpc) is 2.46. The van der Waals surface area contributed by atoms with Crippen molar-refractivity contribution < 1.29 is 9.59 Å². The van der Waals surface area contributed by atoms with Crippen LogP contribution >= 0.6 is 0 Å². The van der Waals surface area contributed by atoms with E-state index in [9.17, 15) is 9.59 Å². The van der Waals surface area contributed by atoms with Gasteiger partial charge in [-0.05, 0) is 44.9 Å². The van der Waals surface area contributed by atoms with Gasteiger partial charge in [0.1, 0.15) is 6.29 Å². The molecule has 1 rings (SSSR count). The summed E-state index contributed by atoms with van der Waals surface area (Å²) in [4.78, 5) is 25.1. The van der Waals surface area contributed by atoms with Crippen molar-refractivity contribution in [1.82, 2.24) is 4.90 Å². The molecule has 1 aliphatic heterocycles. The summed E-state index contributed by atoms with van der Waals surface area (Å²) in [6.45, 7) is 2.52. The first kappa shape index (κ1) is 15.2. The number of piperidine rings is 1. The van der Waals surface area contributed by atoms with E-state index in [0.717, 1.165) is 31.1 Å². The monoisotopic (exact) mass is 262 g/mol. The zero-order chi connectivity index (χ0) is 14.1. The second-order valence-corrected chi connectivity index (χ2v) is 4.53. The third kappa shape index (κ3) is 4.39. The third-order valence-electron chi connectivity index (χ3n) is 3.29. The zero-order valence-electron chi connectivity index (χ0n) is 11.4. The Kier molecular flexibility index (Phi) is 6.64. The highest BCUT2D eigenvalue weighted by Crippen LogP contribution is 2.19. The van der Waals surface area contributed by atoms with E-state index in [1.165, 1.54) is 6.20 Å². The molecule has 0 spiro atoms. The molecule has 2 N–H and O–H groups in total. The van der Waals surface area contributed by atoms with Gasteiger partial charge in [-0.15, -0.1) is 0 Å². The summed E-state index contributed by atoms with van der Waals surface area (Å²) in [5.74, 6) is -0.0271. The molecular weight excluding hydrogens is 240 g/mol. The van der Waals surface area contributed by atoms with Gasteiger partial charge in [-0.2, -0.15) is 0 Å². The number of hydrogen-bond acceptors (Lipinski definition) is 3. The van der Waals surface area contributed by atoms with Gasteiger partial charge in [0.25, 0.3) is 0 Å². The van der Waals surface area contributed by atoms with E-state index in [4.69, 9.17) is 5.73 Å². The van der Waals surface area contributed by atoms with E-state index >= 15 is 0 Å². The van der Waals surface area contributed by atoms with Crippen LogP contribution in [-0.4, -0.2) is 29.7 Å². The lowest BCUT2D eigenvalue weighted by Gasteiger charge is -2.32. The Morgan fingerprint density at radius 2 is 2.16 bits per heavy atom. The second kappa shape index (κ2) is 8.29. The van der Waals surface area contributed by atoms with Gasteiger partial charge in [0, 0.05) is 12.1 Å². The molecule has 0 aromatic rings. The molecule has 1 aliphatic rings. The quantitative estimate of drug-likeness (QED) is 0.468. The minimum Gasteiger partial charge on any atom is -0.405 e. The maximum Gasteiger partial charge on any atom is 0.250 e. The number of nitrogens with zero attached hydrogens (tertiary/aromatic N) is 1. The summed E-state index contributed by atoms with van der Waals surface area (Å²) in [7, 11) is 0. The first-order chi connectivity index (χ1) is 9.24. The van der Waals surface area contributed by atoms with Crippen LogP contribution in [0, 0.1) is 0 Å². The van der Waals surface area contributed by atoms with Crippen molar-refractivity contribution in [1.29, 1.82) is 0 Å². The van der Waals surface area contributed by atoms with Crippen LogP contribution in [0.15, 0.2) is 36.1 Å². The molecule has 4 nitrogen and oxygen atoms in total. The molecule has 1 fully saturated rings. The fourth-order valence-electron chi connectivity index (χ4n) is 2.20. The molecule has 0 aliphatic carbocycles. The standard InChI is InChI=1S/C15H22N2O2/c1-2-13(8-4-3-6-10-16)15(19)17-11-7-5-9-14(17)12-18/h2-4,6,10,12,14H,5,7-9,11,16H2,1H3/b4-3?,10-6+,13-2+. The number of likely N-dealkylation sites (tertiary alicyclic amines) is 1. The molecule has 0 bridgehead atoms. The van der Waals surface area contributed by atoms with Crippen LogP contribution in [0.2, 0.25) is 0 Å². The van der Waals surface area contributed by atoms with Gasteiger partial charge in [-0.1, -0.05) is 18.2 Å². The Morgan fingerprint density at radius 1 is 1.37 bits per heavy atom. The molecule has 1 unspecified atom stereocenters. The SMILES string of the molecule is C/C=C(\CC=C/C=C/N)C(=O)N1CCCCC1C=O. The van der Waals surface area contributed by atoms with Crippen LogP contribution in [0.1, 0.15) is 32.6 Å². The number of hydrogen-bond donors (Lipinski definition) is 1. The molecule has 0 aromatic carbocycles. The van der Waals surface area contributed by atoms with Crippen molar-refractivity contribution in [2.75, 3.05) is 6.54 Å². The van der Waals surface area contributed by atoms with Crippen LogP contribution in [0.25, 0.3) is 0 Å². The van der Waals surface area contributed by atoms with E-state index in [2.05, 4.69) is 0 Å². The highest BCUT2D eigenvalue weighted by Gasteiger charge is 2.27. The smallest absolute Gasteiger partial charge is 0.250 e. The Morgan fingerprint density at radius 3 is 2.79 bits per heavy atom. The first-order valence-electron chi connectivity index (χ1n) is 6.69. The van der Waals surface area contributed by atoms with Crippen LogP contribution < -0.4 is 5.73 Å². The Balaban J connectivity index is 2.69. The van der Waals surface area contributed by atoms with Gasteiger partial charge in [0.2, 0.25) is 5.91 Å². The molecule has 104 valence electrons. The molecule has 19 heavy (non-hydrogen) atoms. The van der Waals surface area contributed by atoms with Gasteiger partial charge in [-0.3, -0.25) is 4.79 Å². The predicted octanol–water partition coefficient (Wildman–Crippen LogP) is 1.93. The third-order valence-corrected chi connectivity index (χ3v) is 3.29. The number of rotatable bonds is 5. The Labute approximate surface area is 114 Å². The maximum absolute atomic E-state index is 12.4. The minimum absolute atomic E-state index is 0.0271. The topological polar surface area (TPSA) is 63.4 Å². The summed E-state index contributed by atoms with van der Waals surface area (Å²) in [6, 6.07) is -0.260. The predicted molar refractivity (Wildman–Crippen MR) is 76.3 cm³/mol. The van der Waals surface area contributed by atoms with E-state index in [-0.39, 0.29) is 11.9 Å². The van der Waals surface area contributed by atoms with Gasteiger partial charge in [0.15, 0.2) is 0 Å². The van der Waals surface area contributed by atoms with E-state index < -0.39 is 0 Å². The van der Waals surface area contributed by atoms with Crippen molar-refractivity contribution in [2.24, 2.45) is 5.73 Å². The van der Waals surface area contributed by atoms with E-state index in [0.29, 0.717) is 13.0 Å². The highest BCUT2D eigenvalue weighted by molar-refractivity contribution is 5.95. The van der Waals surface area contributed by atoms with Gasteiger partial charge in [0.05, 0.1) is 6.04 Å². The van der Waals surface area contributed by atoms with Crippen LogP contribution in [0.3, 0.4) is 0 Å². The average molecular weight is 262 g/mol. The number of carbonyl (C=O) groups is 2. The van der Waals surface area contributed by atoms with Crippen molar-refractivity contribution in [3.05, 3.63) is 36.1 Å². The van der Waals surface area contributed by atoms with Crippen molar-refractivity contribution in [3.63, 3.8) is 0 Å². The molecule has 0 saturated carbocycles. The lowest BCUT2D eigenvalue weighted by Crippen LogP contribution is -2.45. The normalized spacial score (nSPS) is 21.2. The largest absolute Gasteiger partial charge is 0.405 e. The summed E-state index contributed by atoms with van der Waals surface area (Å²) >= 11 is 0. The molecule has 0 aromatic heterocycles. The van der Waals surface area contributed by atoms with Crippen LogP contribution in [0.5, 0.6) is 0 Å². The lowest BCUT2D eigenvalue weighted by molar-refractivity contribution is -0.134. The molecule has 1 amide bonds. The molecular formula is C15H22N2O2. The number of amides is 1. The van der Waals surface area contributed by atoms with Crippen molar-refractivity contribution in [3.8, 4) is 0 Å². The molecule has 4 heteroatoms. The maximum atomic E-state index is 12.4. The fraction of sp³-hybridized carbons (Fsp3) is 0.467. The van der Waals surface area contributed by atoms with Crippen LogP contribution in [0.4, 0.5) is 0 Å². The Bertz CT molecular complexity index is 397. The first-order valence-corrected chi connectivity index (χ1v) is 6.69. The summed E-state index contributed by atoms with van der Waals surface area (Å²) < 4.78 is 0. The summed E-state index contributed by atoms with van der Waals surface area (Å²) in [5, 5.41) is 0. The number of nitrogens with two attached hydrogens (primary N) is 1. The molecule has 1 heterocycles.